The SMILES string of the molecule is c1ccc(-n2c3cc(N(c4cccc(-c5cccc6c5sc5ccccc56)c4)c4cccc5c4-c4ccccc4C54c5ccccc5-c5ccccc54)ccc3c3c4c(ccc32)oc2ccccc24)cc1. The van der Waals surface area contributed by atoms with E-state index >= 15 is 0 Å². The zero-order valence-electron chi connectivity index (χ0n) is 38.3. The van der Waals surface area contributed by atoms with Crippen molar-refractivity contribution >= 4 is 92.3 Å². The Bertz CT molecular complexity index is 4510. The summed E-state index contributed by atoms with van der Waals surface area (Å²) in [4.78, 5) is 2.53. The smallest absolute Gasteiger partial charge is 0.136 e. The van der Waals surface area contributed by atoms with Crippen molar-refractivity contribution < 1.29 is 4.42 Å². The summed E-state index contributed by atoms with van der Waals surface area (Å²) in [5.74, 6) is 0. The molecule has 0 atom stereocenters. The molecule has 3 nitrogen and oxygen atoms in total. The van der Waals surface area contributed by atoms with Gasteiger partial charge in [0.25, 0.3) is 0 Å². The molecule has 0 saturated heterocycles. The van der Waals surface area contributed by atoms with Crippen LogP contribution in [-0.2, 0) is 5.41 Å². The first-order chi connectivity index (χ1) is 35.2. The van der Waals surface area contributed by atoms with Crippen LogP contribution in [0.3, 0.4) is 0 Å². The van der Waals surface area contributed by atoms with Crippen LogP contribution in [0, 0.1) is 0 Å². The molecule has 16 rings (SSSR count). The zero-order chi connectivity index (χ0) is 46.4. The average Bonchev–Trinajstić information content (AvgIpc) is 4.23. The largest absolute Gasteiger partial charge is 0.456 e. The minimum atomic E-state index is -0.484. The molecule has 330 valence electrons. The van der Waals surface area contributed by atoms with E-state index in [1.165, 1.54) is 86.6 Å². The predicted molar refractivity (Wildman–Crippen MR) is 297 cm³/mol. The van der Waals surface area contributed by atoms with E-state index in [0.29, 0.717) is 0 Å². The minimum absolute atomic E-state index is 0.484. The molecular weight excluding hydrogens is 881 g/mol. The minimum Gasteiger partial charge on any atom is -0.456 e. The van der Waals surface area contributed by atoms with Gasteiger partial charge in [-0.15, -0.1) is 11.3 Å². The first kappa shape index (κ1) is 38.9. The number of hydrogen-bond acceptors (Lipinski definition) is 3. The number of para-hydroxylation sites is 2. The van der Waals surface area contributed by atoms with Crippen molar-refractivity contribution in [1.82, 2.24) is 4.57 Å². The number of aromatic nitrogens is 1. The summed E-state index contributed by atoms with van der Waals surface area (Å²) in [6, 6.07) is 89.9. The highest BCUT2D eigenvalue weighted by Crippen LogP contribution is 2.65. The van der Waals surface area contributed by atoms with Crippen LogP contribution < -0.4 is 4.90 Å². The molecule has 0 unspecified atom stereocenters. The van der Waals surface area contributed by atoms with Gasteiger partial charge in [-0.25, -0.2) is 0 Å². The summed E-state index contributed by atoms with van der Waals surface area (Å²) in [5.41, 5.74) is 20.8. The lowest BCUT2D eigenvalue weighted by Crippen LogP contribution is -2.26. The Morgan fingerprint density at radius 1 is 0.394 bits per heavy atom. The molecule has 71 heavy (non-hydrogen) atoms. The monoisotopic (exact) mass is 920 g/mol. The summed E-state index contributed by atoms with van der Waals surface area (Å²) < 4.78 is 11.6. The molecule has 2 aliphatic carbocycles. The summed E-state index contributed by atoms with van der Waals surface area (Å²) in [6.07, 6.45) is 0. The van der Waals surface area contributed by atoms with Crippen LogP contribution in [0.5, 0.6) is 0 Å². The Morgan fingerprint density at radius 3 is 1.86 bits per heavy atom. The highest BCUT2D eigenvalue weighted by Gasteiger charge is 2.52. The average molecular weight is 921 g/mol. The number of furan rings is 1. The van der Waals surface area contributed by atoms with Gasteiger partial charge in [0, 0.05) is 64.3 Å². The van der Waals surface area contributed by atoms with Gasteiger partial charge in [-0.3, -0.25) is 0 Å². The Balaban J connectivity index is 1.00. The predicted octanol–water partition coefficient (Wildman–Crippen LogP) is 18.5. The summed E-state index contributed by atoms with van der Waals surface area (Å²) in [6.45, 7) is 0. The lowest BCUT2D eigenvalue weighted by atomic mass is 9.70. The van der Waals surface area contributed by atoms with E-state index in [4.69, 9.17) is 4.42 Å². The highest BCUT2D eigenvalue weighted by atomic mass is 32.1. The standard InChI is InChI=1S/C67H40N2OS/c1-2-18-42(19-3-1)69-58-37-38-61-65(52-25-7-12-33-60(52)70-61)64(58)51-36-35-44(40-59(51)69)68(43-20-14-17-41(39-43)45-26-15-27-49-48-23-8-13-34-62(48)71-66(45)49)57-32-16-31-56-63(57)50-24-6-11-30-55(50)67(56)53-28-9-4-21-46(53)47-22-5-10-29-54(47)67/h1-40H. The third-order valence-electron chi connectivity index (χ3n) is 15.6. The molecule has 0 radical (unpaired) electrons. The summed E-state index contributed by atoms with van der Waals surface area (Å²) >= 11 is 1.88. The van der Waals surface area contributed by atoms with Gasteiger partial charge in [0.05, 0.1) is 22.1 Å². The van der Waals surface area contributed by atoms with E-state index in [2.05, 4.69) is 252 Å². The van der Waals surface area contributed by atoms with Crippen LogP contribution in [0.15, 0.2) is 247 Å². The number of nitrogens with zero attached hydrogens (tertiary/aromatic N) is 2. The molecule has 4 heteroatoms. The molecule has 0 saturated carbocycles. The van der Waals surface area contributed by atoms with Gasteiger partial charge in [0.1, 0.15) is 11.2 Å². The Hall–Kier alpha value is -8.96. The second-order valence-electron chi connectivity index (χ2n) is 19.1. The molecule has 0 fully saturated rings. The van der Waals surface area contributed by atoms with Gasteiger partial charge in [-0.2, -0.15) is 0 Å². The fraction of sp³-hybridized carbons (Fsp3) is 0.0149. The number of hydrogen-bond donors (Lipinski definition) is 0. The van der Waals surface area contributed by atoms with Crippen molar-refractivity contribution in [1.29, 1.82) is 0 Å². The maximum atomic E-state index is 6.53. The van der Waals surface area contributed by atoms with Crippen LogP contribution in [0.25, 0.3) is 103 Å². The number of benzene rings is 11. The fourth-order valence-corrected chi connectivity index (χ4v) is 14.1. The molecule has 0 bridgehead atoms. The van der Waals surface area contributed by atoms with Crippen LogP contribution >= 0.6 is 11.3 Å². The first-order valence-corrected chi connectivity index (χ1v) is 25.2. The second-order valence-corrected chi connectivity index (χ2v) is 20.1. The molecular formula is C67H40N2OS. The molecule has 0 N–H and O–H groups in total. The van der Waals surface area contributed by atoms with Gasteiger partial charge in [0.2, 0.25) is 0 Å². The molecule has 2 aliphatic rings. The second kappa shape index (κ2) is 14.5. The van der Waals surface area contributed by atoms with E-state index in [9.17, 15) is 0 Å². The Labute approximate surface area is 413 Å². The van der Waals surface area contributed by atoms with Crippen LogP contribution in [0.1, 0.15) is 22.3 Å². The number of thiophene rings is 1. The normalized spacial score (nSPS) is 13.2. The highest BCUT2D eigenvalue weighted by molar-refractivity contribution is 7.26. The molecule has 11 aromatic carbocycles. The number of fused-ring (bicyclic) bond motifs is 20. The van der Waals surface area contributed by atoms with Gasteiger partial charge >= 0.3 is 0 Å². The van der Waals surface area contributed by atoms with E-state index < -0.39 is 5.41 Å². The van der Waals surface area contributed by atoms with Crippen LogP contribution in [0.2, 0.25) is 0 Å². The topological polar surface area (TPSA) is 21.3 Å². The third kappa shape index (κ3) is 5.21. The lowest BCUT2D eigenvalue weighted by Gasteiger charge is -2.32. The fourth-order valence-electron chi connectivity index (χ4n) is 12.8. The van der Waals surface area contributed by atoms with Crippen molar-refractivity contribution in [3.05, 3.63) is 265 Å². The van der Waals surface area contributed by atoms with Crippen LogP contribution in [-0.4, -0.2) is 4.57 Å². The van der Waals surface area contributed by atoms with Gasteiger partial charge in [-0.1, -0.05) is 176 Å². The van der Waals surface area contributed by atoms with Crippen molar-refractivity contribution in [3.8, 4) is 39.1 Å². The van der Waals surface area contributed by atoms with Crippen molar-refractivity contribution in [2.24, 2.45) is 0 Å². The zero-order valence-corrected chi connectivity index (χ0v) is 39.1. The van der Waals surface area contributed by atoms with Gasteiger partial charge < -0.3 is 13.9 Å². The van der Waals surface area contributed by atoms with Crippen molar-refractivity contribution in [3.63, 3.8) is 0 Å². The maximum absolute atomic E-state index is 6.53. The molecule has 3 aromatic heterocycles. The van der Waals surface area contributed by atoms with Gasteiger partial charge in [-0.05, 0) is 117 Å². The number of rotatable bonds is 5. The molecule has 0 aliphatic heterocycles. The molecule has 14 aromatic rings. The third-order valence-corrected chi connectivity index (χ3v) is 16.8. The van der Waals surface area contributed by atoms with Crippen LogP contribution in [0.4, 0.5) is 17.1 Å². The maximum Gasteiger partial charge on any atom is 0.136 e. The lowest BCUT2D eigenvalue weighted by molar-refractivity contribution is 0.669. The summed E-state index contributed by atoms with van der Waals surface area (Å²) in [5, 5.41) is 7.24. The van der Waals surface area contributed by atoms with Gasteiger partial charge in [0.15, 0.2) is 0 Å². The molecule has 0 amide bonds. The van der Waals surface area contributed by atoms with Crippen molar-refractivity contribution in [2.75, 3.05) is 4.90 Å². The van der Waals surface area contributed by atoms with E-state index in [0.717, 1.165) is 55.7 Å². The first-order valence-electron chi connectivity index (χ1n) is 24.4. The van der Waals surface area contributed by atoms with E-state index in [-0.39, 0.29) is 0 Å². The molecule has 1 spiro atoms. The van der Waals surface area contributed by atoms with E-state index in [1.54, 1.807) is 0 Å². The summed E-state index contributed by atoms with van der Waals surface area (Å²) in [7, 11) is 0. The van der Waals surface area contributed by atoms with Crippen molar-refractivity contribution in [2.45, 2.75) is 5.41 Å². The molecule has 3 heterocycles. The Kier molecular flexibility index (Phi) is 7.97. The Morgan fingerprint density at radius 2 is 1.03 bits per heavy atom. The van der Waals surface area contributed by atoms with E-state index in [1.807, 2.05) is 11.3 Å². The quantitative estimate of drug-likeness (QED) is 0.172. The number of anilines is 3.